The number of fused-ring (bicyclic) bond motifs is 1. The molecule has 0 unspecified atom stereocenters. The molecule has 3 aromatic rings. The second-order valence-electron chi connectivity index (χ2n) is 7.04. The van der Waals surface area contributed by atoms with Gasteiger partial charge in [-0.3, -0.25) is 9.48 Å². The molecule has 1 aliphatic rings. The Balaban J connectivity index is 1.81. The van der Waals surface area contributed by atoms with Crippen molar-refractivity contribution in [3.05, 3.63) is 63.6 Å². The van der Waals surface area contributed by atoms with Crippen LogP contribution in [0, 0.1) is 12.4 Å². The van der Waals surface area contributed by atoms with Crippen molar-refractivity contribution in [2.75, 3.05) is 5.32 Å². The highest BCUT2D eigenvalue weighted by atomic mass is 19.1. The molecule has 1 fully saturated rings. The number of halogens is 1. The van der Waals surface area contributed by atoms with Crippen molar-refractivity contribution in [1.82, 2.24) is 14.8 Å². The van der Waals surface area contributed by atoms with Gasteiger partial charge in [0.2, 0.25) is 6.04 Å². The standard InChI is InChI=1S/C20H21FN6O/c1-23-15-4-2-3-5-16(15)27-17-8-9-24-20(28)18(17)19(26-27)25-13-6-7-14(21)12(10-13)11-22/h6-10,15-16H,2-5,11,22H2,(H,24,28)(H,25,26)/t15-,16-/m0/s1. The molecule has 8 heteroatoms. The van der Waals surface area contributed by atoms with E-state index >= 15 is 0 Å². The molecule has 144 valence electrons. The fourth-order valence-corrected chi connectivity index (χ4v) is 3.91. The minimum absolute atomic E-state index is 0.0704. The summed E-state index contributed by atoms with van der Waals surface area (Å²) in [4.78, 5) is 19.0. The number of nitrogens with two attached hydrogens (primary N) is 1. The second-order valence-corrected chi connectivity index (χ2v) is 7.04. The summed E-state index contributed by atoms with van der Waals surface area (Å²) in [6.45, 7) is 7.61. The number of nitrogens with zero attached hydrogens (tertiary/aromatic N) is 3. The van der Waals surface area contributed by atoms with Crippen LogP contribution in [0.5, 0.6) is 0 Å². The summed E-state index contributed by atoms with van der Waals surface area (Å²) in [6, 6.07) is 6.11. The van der Waals surface area contributed by atoms with Gasteiger partial charge in [0.15, 0.2) is 5.82 Å². The van der Waals surface area contributed by atoms with Crippen LogP contribution in [-0.4, -0.2) is 20.8 Å². The summed E-state index contributed by atoms with van der Waals surface area (Å²) >= 11 is 0. The van der Waals surface area contributed by atoms with E-state index in [0.29, 0.717) is 28.0 Å². The second kappa shape index (κ2) is 7.44. The van der Waals surface area contributed by atoms with Gasteiger partial charge in [-0.2, -0.15) is 5.10 Å². The third-order valence-corrected chi connectivity index (χ3v) is 5.33. The fourth-order valence-electron chi connectivity index (χ4n) is 3.91. The molecule has 7 nitrogen and oxygen atoms in total. The first-order valence-corrected chi connectivity index (χ1v) is 9.34. The summed E-state index contributed by atoms with van der Waals surface area (Å²) in [5.41, 5.74) is 6.99. The van der Waals surface area contributed by atoms with Crippen molar-refractivity contribution < 1.29 is 4.39 Å². The van der Waals surface area contributed by atoms with Gasteiger partial charge >= 0.3 is 0 Å². The molecule has 1 saturated carbocycles. The van der Waals surface area contributed by atoms with Crippen molar-refractivity contribution in [2.24, 2.45) is 5.73 Å². The molecule has 0 bridgehead atoms. The van der Waals surface area contributed by atoms with E-state index in [1.165, 1.54) is 6.07 Å². The smallest absolute Gasteiger partial charge is 0.261 e. The number of H-pyrrole nitrogens is 1. The van der Waals surface area contributed by atoms with Gasteiger partial charge in [0.1, 0.15) is 17.2 Å². The van der Waals surface area contributed by atoms with Crippen LogP contribution in [0.2, 0.25) is 0 Å². The first kappa shape index (κ1) is 18.2. The molecule has 0 radical (unpaired) electrons. The molecule has 28 heavy (non-hydrogen) atoms. The van der Waals surface area contributed by atoms with Gasteiger partial charge < -0.3 is 20.9 Å². The minimum Gasteiger partial charge on any atom is -0.338 e. The number of aromatic amines is 1. The normalized spacial score (nSPS) is 19.5. The largest absolute Gasteiger partial charge is 0.338 e. The lowest BCUT2D eigenvalue weighted by atomic mass is 9.91. The van der Waals surface area contributed by atoms with Crippen molar-refractivity contribution in [1.29, 1.82) is 0 Å². The zero-order valence-corrected chi connectivity index (χ0v) is 15.3. The van der Waals surface area contributed by atoms with Gasteiger partial charge in [-0.25, -0.2) is 11.0 Å². The number of pyridine rings is 1. The average Bonchev–Trinajstić information content (AvgIpc) is 3.08. The topological polar surface area (TPSA) is 93.1 Å². The Kier molecular flexibility index (Phi) is 4.84. The quantitative estimate of drug-likeness (QED) is 0.604. The Morgan fingerprint density at radius 3 is 2.96 bits per heavy atom. The number of rotatable bonds is 4. The van der Waals surface area contributed by atoms with Gasteiger partial charge in [-0.15, -0.1) is 0 Å². The molecule has 4 rings (SSSR count). The van der Waals surface area contributed by atoms with Crippen LogP contribution >= 0.6 is 0 Å². The molecule has 0 spiro atoms. The molecule has 4 N–H and O–H groups in total. The predicted octanol–water partition coefficient (Wildman–Crippen LogP) is 3.47. The van der Waals surface area contributed by atoms with E-state index in [2.05, 4.69) is 20.2 Å². The SMILES string of the molecule is [C-]#[N+][C@H]1CCCC[C@@H]1n1nc(Nc2ccc(F)c(CN)c2)c2c(=O)[nH]ccc21. The number of aromatic nitrogens is 3. The van der Waals surface area contributed by atoms with E-state index in [9.17, 15) is 9.18 Å². The number of nitrogens with one attached hydrogen (secondary N) is 2. The van der Waals surface area contributed by atoms with Crippen molar-refractivity contribution in [2.45, 2.75) is 44.3 Å². The Bertz CT molecular complexity index is 1110. The van der Waals surface area contributed by atoms with Crippen LogP contribution in [0.4, 0.5) is 15.9 Å². The Labute approximate surface area is 161 Å². The Morgan fingerprint density at radius 2 is 2.18 bits per heavy atom. The summed E-state index contributed by atoms with van der Waals surface area (Å²) in [5.74, 6) is 0.0177. The van der Waals surface area contributed by atoms with Crippen molar-refractivity contribution in [3.63, 3.8) is 0 Å². The van der Waals surface area contributed by atoms with E-state index in [4.69, 9.17) is 12.3 Å². The molecular formula is C20H21FN6O. The molecule has 0 aliphatic heterocycles. The third-order valence-electron chi connectivity index (χ3n) is 5.33. The Hall–Kier alpha value is -3.18. The van der Waals surface area contributed by atoms with Crippen LogP contribution in [0.1, 0.15) is 37.3 Å². The first-order chi connectivity index (χ1) is 13.6. The summed E-state index contributed by atoms with van der Waals surface area (Å²) in [6.07, 6.45) is 5.34. The average molecular weight is 380 g/mol. The van der Waals surface area contributed by atoms with Crippen LogP contribution in [0.3, 0.4) is 0 Å². The zero-order chi connectivity index (χ0) is 19.7. The summed E-state index contributed by atoms with van der Waals surface area (Å²) in [5, 5.41) is 8.22. The molecule has 0 amide bonds. The lowest BCUT2D eigenvalue weighted by Gasteiger charge is -2.24. The van der Waals surface area contributed by atoms with Gasteiger partial charge in [-0.05, 0) is 37.1 Å². The van der Waals surface area contributed by atoms with Gasteiger partial charge in [0.05, 0.1) is 5.52 Å². The van der Waals surface area contributed by atoms with E-state index in [1.54, 1.807) is 24.4 Å². The molecule has 2 heterocycles. The van der Waals surface area contributed by atoms with E-state index in [1.807, 2.05) is 4.68 Å². The molecule has 1 aromatic carbocycles. The maximum atomic E-state index is 13.7. The maximum absolute atomic E-state index is 13.7. The van der Waals surface area contributed by atoms with Crippen LogP contribution in [0.25, 0.3) is 15.7 Å². The van der Waals surface area contributed by atoms with Gasteiger partial charge in [0, 0.05) is 30.4 Å². The third kappa shape index (κ3) is 3.14. The van der Waals surface area contributed by atoms with Crippen molar-refractivity contribution in [3.8, 4) is 0 Å². The lowest BCUT2D eigenvalue weighted by Crippen LogP contribution is -2.26. The monoisotopic (exact) mass is 380 g/mol. The fraction of sp³-hybridized carbons (Fsp3) is 0.350. The summed E-state index contributed by atoms with van der Waals surface area (Å²) in [7, 11) is 0. The molecular weight excluding hydrogens is 359 g/mol. The van der Waals surface area contributed by atoms with Gasteiger partial charge in [-0.1, -0.05) is 6.42 Å². The highest BCUT2D eigenvalue weighted by Gasteiger charge is 2.33. The maximum Gasteiger partial charge on any atom is 0.261 e. The predicted molar refractivity (Wildman–Crippen MR) is 106 cm³/mol. The number of hydrogen-bond acceptors (Lipinski definition) is 4. The minimum atomic E-state index is -0.372. The molecule has 1 aliphatic carbocycles. The molecule has 2 atom stereocenters. The molecule has 0 saturated heterocycles. The van der Waals surface area contributed by atoms with Gasteiger partial charge in [0.25, 0.3) is 5.56 Å². The Morgan fingerprint density at radius 1 is 1.36 bits per heavy atom. The zero-order valence-electron chi connectivity index (χ0n) is 15.3. The van der Waals surface area contributed by atoms with E-state index in [-0.39, 0.29) is 30.0 Å². The van der Waals surface area contributed by atoms with Crippen LogP contribution < -0.4 is 16.6 Å². The summed E-state index contributed by atoms with van der Waals surface area (Å²) < 4.78 is 15.6. The number of benzene rings is 1. The van der Waals surface area contributed by atoms with Crippen LogP contribution in [0.15, 0.2) is 35.3 Å². The van der Waals surface area contributed by atoms with Crippen LogP contribution in [-0.2, 0) is 6.54 Å². The van der Waals surface area contributed by atoms with E-state index in [0.717, 1.165) is 25.7 Å². The van der Waals surface area contributed by atoms with Crippen molar-refractivity contribution >= 4 is 22.4 Å². The number of hydrogen-bond donors (Lipinski definition) is 3. The highest BCUT2D eigenvalue weighted by molar-refractivity contribution is 5.91. The first-order valence-electron chi connectivity index (χ1n) is 9.34. The number of anilines is 2. The van der Waals surface area contributed by atoms with E-state index < -0.39 is 0 Å². The lowest BCUT2D eigenvalue weighted by molar-refractivity contribution is 0.321. The molecule has 2 aromatic heterocycles. The highest BCUT2D eigenvalue weighted by Crippen LogP contribution is 2.34.